The Labute approximate surface area is 225 Å². The average Bonchev–Trinajstić information content (AvgIpc) is 3.36. The van der Waals surface area contributed by atoms with Crippen molar-refractivity contribution in [3.63, 3.8) is 0 Å². The fourth-order valence-corrected chi connectivity index (χ4v) is 9.64. The minimum absolute atomic E-state index is 0.0111. The Morgan fingerprint density at radius 2 is 1.78 bits per heavy atom. The number of nitrogens with one attached hydrogen (secondary N) is 2. The SMILES string of the molecule is C[C@H](CO)N1C(=O)[C@@H]2[C@@H](C(=O)NCc3ccccc3)[C@@]3(C)CCC2(S3)C1C(=O)NC(C)(C)CC(C)(C)C. The third-order valence-electron chi connectivity index (χ3n) is 8.23. The molecule has 1 spiro atoms. The third-order valence-corrected chi connectivity index (χ3v) is 10.2. The van der Waals surface area contributed by atoms with Crippen molar-refractivity contribution in [1.29, 1.82) is 0 Å². The number of carbonyl (C=O) groups is 3. The number of thioether (sulfide) groups is 1. The zero-order chi connectivity index (χ0) is 27.4. The van der Waals surface area contributed by atoms with Crippen LogP contribution in [0.5, 0.6) is 0 Å². The molecule has 4 rings (SSSR count). The fourth-order valence-electron chi connectivity index (χ4n) is 7.29. The molecule has 37 heavy (non-hydrogen) atoms. The molecule has 3 amide bonds. The van der Waals surface area contributed by atoms with Crippen LogP contribution in [0.1, 0.15) is 73.3 Å². The summed E-state index contributed by atoms with van der Waals surface area (Å²) in [4.78, 5) is 43.3. The van der Waals surface area contributed by atoms with Gasteiger partial charge in [0.2, 0.25) is 17.7 Å². The zero-order valence-electron chi connectivity index (χ0n) is 23.3. The van der Waals surface area contributed by atoms with E-state index >= 15 is 0 Å². The first-order valence-electron chi connectivity index (χ1n) is 13.4. The molecule has 3 aliphatic heterocycles. The molecule has 1 aromatic carbocycles. The van der Waals surface area contributed by atoms with Gasteiger partial charge in [-0.25, -0.2) is 0 Å². The molecule has 6 atom stereocenters. The van der Waals surface area contributed by atoms with Gasteiger partial charge < -0.3 is 20.6 Å². The van der Waals surface area contributed by atoms with Crippen molar-refractivity contribution < 1.29 is 19.5 Å². The molecule has 3 N–H and O–H groups in total. The summed E-state index contributed by atoms with van der Waals surface area (Å²) < 4.78 is -1.11. The van der Waals surface area contributed by atoms with E-state index < -0.39 is 39.0 Å². The highest BCUT2D eigenvalue weighted by Crippen LogP contribution is 2.71. The summed E-state index contributed by atoms with van der Waals surface area (Å²) in [5.41, 5.74) is 0.536. The minimum atomic E-state index is -0.731. The van der Waals surface area contributed by atoms with Gasteiger partial charge in [-0.1, -0.05) is 51.1 Å². The van der Waals surface area contributed by atoms with E-state index in [1.807, 2.05) is 44.2 Å². The number of hydrogen-bond donors (Lipinski definition) is 3. The van der Waals surface area contributed by atoms with E-state index in [4.69, 9.17) is 0 Å². The second kappa shape index (κ2) is 9.60. The van der Waals surface area contributed by atoms with Crippen molar-refractivity contribution >= 4 is 29.5 Å². The fraction of sp³-hybridized carbons (Fsp3) is 0.690. The van der Waals surface area contributed by atoms with E-state index in [0.29, 0.717) is 13.0 Å². The van der Waals surface area contributed by atoms with E-state index in [1.54, 1.807) is 23.6 Å². The first kappa shape index (κ1) is 28.0. The van der Waals surface area contributed by atoms with Crippen LogP contribution in [-0.4, -0.2) is 61.5 Å². The van der Waals surface area contributed by atoms with Crippen LogP contribution in [0.15, 0.2) is 30.3 Å². The highest BCUT2D eigenvalue weighted by molar-refractivity contribution is 8.02. The number of carbonyl (C=O) groups excluding carboxylic acids is 3. The maximum atomic E-state index is 14.1. The maximum absolute atomic E-state index is 14.1. The van der Waals surface area contributed by atoms with Crippen LogP contribution in [0.3, 0.4) is 0 Å². The lowest BCUT2D eigenvalue weighted by Gasteiger charge is -2.40. The van der Waals surface area contributed by atoms with Crippen LogP contribution in [-0.2, 0) is 20.9 Å². The normalized spacial score (nSPS) is 31.8. The molecule has 0 aromatic heterocycles. The number of aliphatic hydroxyl groups excluding tert-OH is 1. The molecule has 3 saturated heterocycles. The van der Waals surface area contributed by atoms with Gasteiger partial charge in [0.25, 0.3) is 0 Å². The van der Waals surface area contributed by atoms with E-state index in [1.165, 1.54) is 0 Å². The number of nitrogens with zero attached hydrogens (tertiary/aromatic N) is 1. The van der Waals surface area contributed by atoms with E-state index in [-0.39, 0.29) is 29.7 Å². The molecule has 8 heteroatoms. The van der Waals surface area contributed by atoms with Gasteiger partial charge in [-0.3, -0.25) is 14.4 Å². The first-order chi connectivity index (χ1) is 17.1. The summed E-state index contributed by atoms with van der Waals surface area (Å²) in [5, 5.41) is 16.4. The number of rotatable bonds is 8. The van der Waals surface area contributed by atoms with Crippen LogP contribution in [0.2, 0.25) is 0 Å². The molecule has 3 heterocycles. The number of amides is 3. The van der Waals surface area contributed by atoms with Gasteiger partial charge in [0.15, 0.2) is 0 Å². The van der Waals surface area contributed by atoms with Gasteiger partial charge in [0.1, 0.15) is 6.04 Å². The standard InChI is InChI=1S/C29H43N3O4S/c1-18(16-33)32-22(24(35)31-27(5,6)17-26(2,3)4)29-14-13-28(7,37-29)20(21(29)25(32)36)23(34)30-15-19-11-9-8-10-12-19/h8-12,18,20-22,33H,13-17H2,1-7H3,(H,30,34)(H,31,35)/t18-,20+,21+,22?,28-,29?/m1/s1. The lowest BCUT2D eigenvalue weighted by atomic mass is 9.66. The van der Waals surface area contributed by atoms with Gasteiger partial charge in [-0.2, -0.15) is 0 Å². The van der Waals surface area contributed by atoms with Gasteiger partial charge in [0, 0.05) is 16.8 Å². The minimum Gasteiger partial charge on any atom is -0.394 e. The van der Waals surface area contributed by atoms with Crippen LogP contribution >= 0.6 is 11.8 Å². The lowest BCUT2D eigenvalue weighted by molar-refractivity contribution is -0.143. The second-order valence-electron chi connectivity index (χ2n) is 13.3. The number of hydrogen-bond acceptors (Lipinski definition) is 5. The molecule has 1 aromatic rings. The zero-order valence-corrected chi connectivity index (χ0v) is 24.1. The summed E-state index contributed by atoms with van der Waals surface area (Å²) in [7, 11) is 0. The molecule has 3 fully saturated rings. The lowest BCUT2D eigenvalue weighted by Crippen LogP contribution is -2.59. The summed E-state index contributed by atoms with van der Waals surface area (Å²) >= 11 is 1.66. The van der Waals surface area contributed by atoms with Crippen molar-refractivity contribution in [2.45, 2.75) is 101 Å². The highest BCUT2D eigenvalue weighted by Gasteiger charge is 2.77. The smallest absolute Gasteiger partial charge is 0.244 e. The Balaban J connectivity index is 1.65. The van der Waals surface area contributed by atoms with Crippen LogP contribution < -0.4 is 10.6 Å². The van der Waals surface area contributed by atoms with Gasteiger partial charge >= 0.3 is 0 Å². The van der Waals surface area contributed by atoms with Crippen LogP contribution in [0.25, 0.3) is 0 Å². The van der Waals surface area contributed by atoms with E-state index in [0.717, 1.165) is 18.4 Å². The molecule has 2 bridgehead atoms. The van der Waals surface area contributed by atoms with E-state index in [9.17, 15) is 19.5 Å². The third kappa shape index (κ3) is 5.03. The molecule has 7 nitrogen and oxygen atoms in total. The monoisotopic (exact) mass is 529 g/mol. The predicted molar refractivity (Wildman–Crippen MR) is 147 cm³/mol. The predicted octanol–water partition coefficient (Wildman–Crippen LogP) is 3.50. The molecule has 0 saturated carbocycles. The Kier molecular flexibility index (Phi) is 7.25. The van der Waals surface area contributed by atoms with Crippen LogP contribution in [0.4, 0.5) is 0 Å². The summed E-state index contributed by atoms with van der Waals surface area (Å²) in [5.74, 6) is -1.64. The van der Waals surface area contributed by atoms with Crippen molar-refractivity contribution in [1.82, 2.24) is 15.5 Å². The average molecular weight is 530 g/mol. The van der Waals surface area contributed by atoms with Gasteiger partial charge in [-0.05, 0) is 57.9 Å². The van der Waals surface area contributed by atoms with Crippen molar-refractivity contribution in [2.75, 3.05) is 6.61 Å². The Morgan fingerprint density at radius 1 is 1.14 bits per heavy atom. The molecule has 0 aliphatic carbocycles. The van der Waals surface area contributed by atoms with Gasteiger partial charge in [-0.15, -0.1) is 11.8 Å². The number of aliphatic hydroxyl groups is 1. The van der Waals surface area contributed by atoms with E-state index in [2.05, 4.69) is 38.3 Å². The summed E-state index contributed by atoms with van der Waals surface area (Å²) in [6.07, 6.45) is 2.23. The second-order valence-corrected chi connectivity index (χ2v) is 15.2. The largest absolute Gasteiger partial charge is 0.394 e. The maximum Gasteiger partial charge on any atom is 0.244 e. The molecule has 0 radical (unpaired) electrons. The topological polar surface area (TPSA) is 98.7 Å². The molecular weight excluding hydrogens is 486 g/mol. The summed E-state index contributed by atoms with van der Waals surface area (Å²) in [6, 6.07) is 8.48. The van der Waals surface area contributed by atoms with Crippen LogP contribution in [0, 0.1) is 17.3 Å². The van der Waals surface area contributed by atoms with Crippen molar-refractivity contribution in [3.8, 4) is 0 Å². The highest BCUT2D eigenvalue weighted by atomic mass is 32.2. The number of fused-ring (bicyclic) bond motifs is 1. The summed E-state index contributed by atoms with van der Waals surface area (Å²) in [6.45, 7) is 14.5. The quantitative estimate of drug-likeness (QED) is 0.479. The molecule has 204 valence electrons. The molecular formula is C29H43N3O4S. The number of benzene rings is 1. The molecule has 2 unspecified atom stereocenters. The first-order valence-corrected chi connectivity index (χ1v) is 14.2. The Bertz CT molecular complexity index is 1050. The van der Waals surface area contributed by atoms with Crippen molar-refractivity contribution in [2.24, 2.45) is 17.3 Å². The van der Waals surface area contributed by atoms with Crippen molar-refractivity contribution in [3.05, 3.63) is 35.9 Å². The molecule has 3 aliphatic rings. The Hall–Kier alpha value is -2.06. The Morgan fingerprint density at radius 3 is 2.38 bits per heavy atom. The van der Waals surface area contributed by atoms with Gasteiger partial charge in [0.05, 0.1) is 29.2 Å². The number of likely N-dealkylation sites (tertiary alicyclic amines) is 1.